The molecule has 21 heavy (non-hydrogen) atoms. The molecule has 0 aliphatic heterocycles. The highest BCUT2D eigenvalue weighted by molar-refractivity contribution is 9.08. The van der Waals surface area contributed by atoms with Crippen LogP contribution in [0.5, 0.6) is 0 Å². The Bertz CT molecular complexity index is 839. The number of carboxylic acids is 1. The summed E-state index contributed by atoms with van der Waals surface area (Å²) in [6.45, 7) is 0. The van der Waals surface area contributed by atoms with Crippen molar-refractivity contribution in [2.24, 2.45) is 0 Å². The average Bonchev–Trinajstić information content (AvgIpc) is 3.14. The van der Waals surface area contributed by atoms with Crippen molar-refractivity contribution in [2.75, 3.05) is 0 Å². The molecule has 3 heterocycles. The van der Waals surface area contributed by atoms with Gasteiger partial charge in [0, 0.05) is 35.5 Å². The number of hydrogen-bond donors (Lipinski definition) is 2. The molecule has 0 aromatic carbocycles. The van der Waals surface area contributed by atoms with Crippen molar-refractivity contribution in [3.63, 3.8) is 0 Å². The van der Waals surface area contributed by atoms with Crippen LogP contribution < -0.4 is 0 Å². The highest BCUT2D eigenvalue weighted by atomic mass is 79.9. The first-order chi connectivity index (χ1) is 10.1. The van der Waals surface area contributed by atoms with Crippen molar-refractivity contribution in [3.05, 3.63) is 42.0 Å². The third-order valence-electron chi connectivity index (χ3n) is 3.07. The maximum absolute atomic E-state index is 11.8. The second-order valence-corrected chi connectivity index (χ2v) is 4.84. The second-order valence-electron chi connectivity index (χ2n) is 4.28. The summed E-state index contributed by atoms with van der Waals surface area (Å²) in [6, 6.07) is 1.75. The Morgan fingerprint density at radius 2 is 2.24 bits per heavy atom. The van der Waals surface area contributed by atoms with Gasteiger partial charge in [-0.2, -0.15) is 5.10 Å². The summed E-state index contributed by atoms with van der Waals surface area (Å²) < 4.78 is 1.55. The van der Waals surface area contributed by atoms with Gasteiger partial charge in [0.1, 0.15) is 0 Å². The van der Waals surface area contributed by atoms with Gasteiger partial charge in [-0.15, -0.1) is 0 Å². The van der Waals surface area contributed by atoms with Crippen molar-refractivity contribution in [3.8, 4) is 5.82 Å². The lowest BCUT2D eigenvalue weighted by molar-refractivity contribution is -0.131. The van der Waals surface area contributed by atoms with Gasteiger partial charge in [0.05, 0.1) is 11.1 Å². The molecule has 0 aliphatic carbocycles. The number of rotatable bonds is 4. The molecule has 0 aliphatic rings. The van der Waals surface area contributed by atoms with Gasteiger partial charge in [0.25, 0.3) is 5.78 Å². The van der Waals surface area contributed by atoms with Gasteiger partial charge in [-0.05, 0) is 11.6 Å². The Morgan fingerprint density at radius 1 is 1.43 bits per heavy atom. The van der Waals surface area contributed by atoms with E-state index in [0.29, 0.717) is 22.1 Å². The lowest BCUT2D eigenvalue weighted by Gasteiger charge is -2.06. The van der Waals surface area contributed by atoms with E-state index in [1.54, 1.807) is 29.3 Å². The Morgan fingerprint density at radius 3 is 2.86 bits per heavy atom. The van der Waals surface area contributed by atoms with Gasteiger partial charge in [-0.1, -0.05) is 15.9 Å². The van der Waals surface area contributed by atoms with Crippen LogP contribution in [0.1, 0.15) is 15.9 Å². The summed E-state index contributed by atoms with van der Waals surface area (Å²) >= 11 is 3.32. The fourth-order valence-electron chi connectivity index (χ4n) is 2.16. The first-order valence-corrected chi connectivity index (χ1v) is 7.08. The van der Waals surface area contributed by atoms with Gasteiger partial charge in [-0.25, -0.2) is 14.5 Å². The van der Waals surface area contributed by atoms with Crippen molar-refractivity contribution < 1.29 is 14.7 Å². The van der Waals surface area contributed by atoms with E-state index in [9.17, 15) is 9.59 Å². The van der Waals surface area contributed by atoms with Gasteiger partial charge in [0.2, 0.25) is 0 Å². The minimum Gasteiger partial charge on any atom is -0.475 e. The van der Waals surface area contributed by atoms with E-state index in [0.717, 1.165) is 5.56 Å². The monoisotopic (exact) mass is 348 g/mol. The number of nitrogens with one attached hydrogen (secondary N) is 1. The first-order valence-electron chi connectivity index (χ1n) is 5.96. The third-order valence-corrected chi connectivity index (χ3v) is 3.68. The van der Waals surface area contributed by atoms with E-state index in [4.69, 9.17) is 5.11 Å². The minimum absolute atomic E-state index is 0.114. The molecule has 3 aromatic heterocycles. The number of carbonyl (C=O) groups is 2. The number of pyridine rings is 1. The van der Waals surface area contributed by atoms with Crippen LogP contribution in [0.2, 0.25) is 0 Å². The van der Waals surface area contributed by atoms with Gasteiger partial charge in [-0.3, -0.25) is 4.79 Å². The van der Waals surface area contributed by atoms with Crippen molar-refractivity contribution in [1.29, 1.82) is 0 Å². The SMILES string of the molecule is O=C(O)C(=O)c1c[nH]c2c(-n3cccn3)ncc(CBr)c12. The van der Waals surface area contributed by atoms with Crippen LogP contribution in [0.15, 0.2) is 30.9 Å². The van der Waals surface area contributed by atoms with Crippen molar-refractivity contribution in [2.45, 2.75) is 5.33 Å². The number of aromatic amines is 1. The average molecular weight is 349 g/mol. The number of aromatic nitrogens is 4. The lowest BCUT2D eigenvalue weighted by Crippen LogP contribution is -2.12. The second kappa shape index (κ2) is 5.13. The van der Waals surface area contributed by atoms with Crippen LogP contribution in [0.25, 0.3) is 16.7 Å². The van der Waals surface area contributed by atoms with Crippen molar-refractivity contribution in [1.82, 2.24) is 19.7 Å². The predicted molar refractivity (Wildman–Crippen MR) is 77.8 cm³/mol. The molecular weight excluding hydrogens is 340 g/mol. The molecule has 7 nitrogen and oxygen atoms in total. The topological polar surface area (TPSA) is 101 Å². The Kier molecular flexibility index (Phi) is 3.30. The maximum atomic E-state index is 11.8. The van der Waals surface area contributed by atoms with Crippen LogP contribution in [-0.2, 0) is 10.1 Å². The zero-order valence-corrected chi connectivity index (χ0v) is 12.2. The molecule has 106 valence electrons. The fraction of sp³-hybridized carbons (Fsp3) is 0.0769. The quantitative estimate of drug-likeness (QED) is 0.426. The van der Waals surface area contributed by atoms with E-state index in [-0.39, 0.29) is 5.56 Å². The van der Waals surface area contributed by atoms with Gasteiger partial charge < -0.3 is 10.1 Å². The first kappa shape index (κ1) is 13.5. The smallest absolute Gasteiger partial charge is 0.377 e. The number of fused-ring (bicyclic) bond motifs is 1. The molecular formula is C13H9BrN4O3. The number of carboxylic acid groups (broad SMARTS) is 1. The summed E-state index contributed by atoms with van der Waals surface area (Å²) in [5.74, 6) is -1.95. The molecule has 0 saturated heterocycles. The number of hydrogen-bond acceptors (Lipinski definition) is 4. The molecule has 0 bridgehead atoms. The Labute approximate surface area is 126 Å². The summed E-state index contributed by atoms with van der Waals surface area (Å²) in [7, 11) is 0. The fourth-order valence-corrected chi connectivity index (χ4v) is 2.59. The Hall–Kier alpha value is -2.48. The summed E-state index contributed by atoms with van der Waals surface area (Å²) in [5, 5.41) is 14.0. The highest BCUT2D eigenvalue weighted by Crippen LogP contribution is 2.28. The number of alkyl halides is 1. The molecule has 0 spiro atoms. The molecule has 0 radical (unpaired) electrons. The van der Waals surface area contributed by atoms with Crippen LogP contribution >= 0.6 is 15.9 Å². The number of H-pyrrole nitrogens is 1. The largest absolute Gasteiger partial charge is 0.475 e. The normalized spacial score (nSPS) is 10.9. The third kappa shape index (κ3) is 2.13. The van der Waals surface area contributed by atoms with Gasteiger partial charge in [0.15, 0.2) is 5.82 Å². The maximum Gasteiger partial charge on any atom is 0.377 e. The molecule has 0 unspecified atom stereocenters. The van der Waals surface area contributed by atoms with E-state index >= 15 is 0 Å². The standard InChI is InChI=1S/C13H9BrN4O3/c14-4-7-5-16-12(18-3-1-2-17-18)10-9(7)8(6-15-10)11(19)13(20)21/h1-3,5-6,15H,4H2,(H,20,21). The number of carbonyl (C=O) groups excluding carboxylic acids is 1. The van der Waals surface area contributed by atoms with E-state index in [2.05, 4.69) is 31.0 Å². The van der Waals surface area contributed by atoms with E-state index in [1.165, 1.54) is 6.20 Å². The molecule has 2 N–H and O–H groups in total. The number of ketones is 1. The molecule has 3 rings (SSSR count). The summed E-state index contributed by atoms with van der Waals surface area (Å²) in [6.07, 6.45) is 6.32. The highest BCUT2D eigenvalue weighted by Gasteiger charge is 2.22. The van der Waals surface area contributed by atoms with E-state index < -0.39 is 11.8 Å². The van der Waals surface area contributed by atoms with Crippen LogP contribution in [0, 0.1) is 0 Å². The molecule has 3 aromatic rings. The number of Topliss-reactive ketones (excluding diaryl/α,β-unsaturated/α-hetero) is 1. The molecule has 0 fully saturated rings. The minimum atomic E-state index is -1.49. The van der Waals surface area contributed by atoms with Crippen LogP contribution in [0.4, 0.5) is 0 Å². The van der Waals surface area contributed by atoms with Gasteiger partial charge >= 0.3 is 5.97 Å². The lowest BCUT2D eigenvalue weighted by atomic mass is 10.1. The zero-order chi connectivity index (χ0) is 15.0. The van der Waals surface area contributed by atoms with Crippen molar-refractivity contribution >= 4 is 38.6 Å². The number of aliphatic carboxylic acids is 1. The van der Waals surface area contributed by atoms with E-state index in [1.807, 2.05) is 0 Å². The van der Waals surface area contributed by atoms with Crippen LogP contribution in [-0.4, -0.2) is 36.6 Å². The predicted octanol–water partition coefficient (Wildman–Crippen LogP) is 1.91. The van der Waals surface area contributed by atoms with Crippen LogP contribution in [0.3, 0.4) is 0 Å². The summed E-state index contributed by atoms with van der Waals surface area (Å²) in [4.78, 5) is 30.0. The Balaban J connectivity index is 2.32. The number of nitrogens with zero attached hydrogens (tertiary/aromatic N) is 3. The molecule has 0 amide bonds. The zero-order valence-electron chi connectivity index (χ0n) is 10.6. The molecule has 0 saturated carbocycles. The number of halogens is 1. The summed E-state index contributed by atoms with van der Waals surface area (Å²) in [5.41, 5.74) is 1.41. The molecule has 8 heteroatoms. The molecule has 0 atom stereocenters.